The fourth-order valence-electron chi connectivity index (χ4n) is 2.57. The second-order valence-corrected chi connectivity index (χ2v) is 6.72. The van der Waals surface area contributed by atoms with Crippen LogP contribution in [0.1, 0.15) is 0 Å². The third-order valence-electron chi connectivity index (χ3n) is 3.97. The van der Waals surface area contributed by atoms with Crippen molar-refractivity contribution in [1.82, 2.24) is 9.97 Å². The van der Waals surface area contributed by atoms with Crippen molar-refractivity contribution < 1.29 is 14.3 Å². The minimum absolute atomic E-state index is 0.0703. The van der Waals surface area contributed by atoms with Crippen LogP contribution in [0.3, 0.4) is 0 Å². The van der Waals surface area contributed by atoms with Crippen molar-refractivity contribution in [2.75, 3.05) is 36.7 Å². The van der Waals surface area contributed by atoms with Crippen LogP contribution in [0.25, 0.3) is 0 Å². The van der Waals surface area contributed by atoms with E-state index in [9.17, 15) is 4.79 Å². The van der Waals surface area contributed by atoms with Crippen molar-refractivity contribution in [2.45, 2.75) is 0 Å². The summed E-state index contributed by atoms with van der Waals surface area (Å²) in [7, 11) is 2.92. The highest BCUT2D eigenvalue weighted by atomic mass is 35.5. The third kappa shape index (κ3) is 5.22. The fraction of sp³-hybridized carbons (Fsp3) is 0.150. The van der Waals surface area contributed by atoms with Crippen LogP contribution in [-0.2, 0) is 4.79 Å². The van der Waals surface area contributed by atoms with E-state index < -0.39 is 0 Å². The molecule has 0 aliphatic heterocycles. The number of hydrogen-bond donors (Lipinski definition) is 3. The number of aromatic nitrogens is 2. The summed E-state index contributed by atoms with van der Waals surface area (Å²) < 4.78 is 10.4. The number of hydrogen-bond acceptors (Lipinski definition) is 7. The molecule has 30 heavy (non-hydrogen) atoms. The van der Waals surface area contributed by atoms with Gasteiger partial charge >= 0.3 is 0 Å². The number of nitrogens with zero attached hydrogens (tertiary/aromatic N) is 2. The predicted octanol–water partition coefficient (Wildman–Crippen LogP) is 4.59. The molecule has 0 unspecified atom stereocenters. The molecule has 10 heteroatoms. The first-order chi connectivity index (χ1) is 14.5. The molecule has 0 saturated carbocycles. The Morgan fingerprint density at radius 1 is 1.00 bits per heavy atom. The zero-order chi connectivity index (χ0) is 21.5. The highest BCUT2D eigenvalue weighted by Crippen LogP contribution is 2.44. The Balaban J connectivity index is 1.65. The van der Waals surface area contributed by atoms with Crippen LogP contribution in [0, 0.1) is 0 Å². The molecule has 0 bridgehead atoms. The Kier molecular flexibility index (Phi) is 7.16. The normalized spacial score (nSPS) is 10.3. The largest absolute Gasteiger partial charge is 0.495 e. The second-order valence-electron chi connectivity index (χ2n) is 5.97. The molecule has 3 N–H and O–H groups in total. The summed E-state index contributed by atoms with van der Waals surface area (Å²) in [4.78, 5) is 20.6. The lowest BCUT2D eigenvalue weighted by Crippen LogP contribution is -2.22. The molecule has 1 heterocycles. The Morgan fingerprint density at radius 3 is 2.43 bits per heavy atom. The zero-order valence-electron chi connectivity index (χ0n) is 16.2. The minimum atomic E-state index is -0.330. The van der Waals surface area contributed by atoms with E-state index in [1.54, 1.807) is 12.1 Å². The molecule has 2 aromatic carbocycles. The topological polar surface area (TPSA) is 97.4 Å². The number of ether oxygens (including phenoxy) is 2. The smallest absolute Gasteiger partial charge is 0.244 e. The van der Waals surface area contributed by atoms with Gasteiger partial charge in [-0.3, -0.25) is 4.79 Å². The zero-order valence-corrected chi connectivity index (χ0v) is 17.7. The summed E-state index contributed by atoms with van der Waals surface area (Å²) in [5, 5.41) is 9.27. The molecular weight excluding hydrogens is 429 g/mol. The van der Waals surface area contributed by atoms with Crippen molar-refractivity contribution in [3.05, 3.63) is 58.8 Å². The summed E-state index contributed by atoms with van der Waals surface area (Å²) >= 11 is 12.5. The van der Waals surface area contributed by atoms with E-state index in [1.807, 2.05) is 30.3 Å². The van der Waals surface area contributed by atoms with Crippen molar-refractivity contribution in [2.24, 2.45) is 0 Å². The molecular formula is C20H19Cl2N5O3. The van der Waals surface area contributed by atoms with Crippen LogP contribution >= 0.6 is 23.2 Å². The molecule has 0 atom stereocenters. The van der Waals surface area contributed by atoms with Gasteiger partial charge in [0.1, 0.15) is 33.8 Å². The number of anilines is 4. The van der Waals surface area contributed by atoms with Crippen LogP contribution in [-0.4, -0.2) is 36.6 Å². The van der Waals surface area contributed by atoms with E-state index in [4.69, 9.17) is 32.7 Å². The van der Waals surface area contributed by atoms with Gasteiger partial charge in [-0.15, -0.1) is 0 Å². The average molecular weight is 448 g/mol. The van der Waals surface area contributed by atoms with Crippen molar-refractivity contribution >= 4 is 52.1 Å². The maximum absolute atomic E-state index is 12.4. The minimum Gasteiger partial charge on any atom is -0.495 e. The molecule has 0 radical (unpaired) electrons. The highest BCUT2D eigenvalue weighted by molar-refractivity contribution is 6.39. The number of nitrogens with one attached hydrogen (secondary N) is 3. The van der Waals surface area contributed by atoms with Crippen molar-refractivity contribution in [3.63, 3.8) is 0 Å². The van der Waals surface area contributed by atoms with Crippen LogP contribution in [0.15, 0.2) is 48.8 Å². The van der Waals surface area contributed by atoms with Gasteiger partial charge in [-0.05, 0) is 12.1 Å². The van der Waals surface area contributed by atoms with Crippen LogP contribution < -0.4 is 25.4 Å². The van der Waals surface area contributed by atoms with E-state index in [2.05, 4.69) is 25.9 Å². The molecule has 1 aromatic heterocycles. The maximum atomic E-state index is 12.4. The number of methoxy groups -OCH3 is 2. The summed E-state index contributed by atoms with van der Waals surface area (Å²) in [6, 6.07) is 12.8. The van der Waals surface area contributed by atoms with E-state index in [0.29, 0.717) is 23.1 Å². The molecule has 1 amide bonds. The lowest BCUT2D eigenvalue weighted by atomic mass is 10.2. The molecule has 8 nitrogen and oxygen atoms in total. The Labute approximate surface area is 183 Å². The Morgan fingerprint density at radius 2 is 1.73 bits per heavy atom. The molecule has 0 aliphatic rings. The standard InChI is InChI=1S/C20H19Cl2N5O3/c1-29-14-8-13(18(21)20(30-2)19(14)22)23-10-17(28)27-16-9-15(24-11-25-16)26-12-6-4-3-5-7-12/h3-9,11,23H,10H2,1-2H3,(H2,24,25,26,27,28). The number of amides is 1. The lowest BCUT2D eigenvalue weighted by molar-refractivity contribution is -0.114. The van der Waals surface area contributed by atoms with Gasteiger partial charge in [0.2, 0.25) is 5.91 Å². The first-order valence-electron chi connectivity index (χ1n) is 8.79. The van der Waals surface area contributed by atoms with Gasteiger partial charge in [-0.2, -0.15) is 0 Å². The van der Waals surface area contributed by atoms with Gasteiger partial charge in [0.15, 0.2) is 5.75 Å². The number of benzene rings is 2. The maximum Gasteiger partial charge on any atom is 0.244 e. The van der Waals surface area contributed by atoms with Gasteiger partial charge in [0.25, 0.3) is 0 Å². The Hall–Kier alpha value is -3.23. The molecule has 0 spiro atoms. The summed E-state index contributed by atoms with van der Waals surface area (Å²) in [6.45, 7) is -0.0703. The molecule has 0 aliphatic carbocycles. The fourth-order valence-corrected chi connectivity index (χ4v) is 3.22. The molecule has 3 rings (SSSR count). The SMILES string of the molecule is COc1cc(NCC(=O)Nc2cc(Nc3ccccc3)ncn2)c(Cl)c(OC)c1Cl. The first kappa shape index (κ1) is 21.5. The van der Waals surface area contributed by atoms with Crippen molar-refractivity contribution in [3.8, 4) is 11.5 Å². The number of carbonyl (C=O) groups excluding carboxylic acids is 1. The summed E-state index contributed by atoms with van der Waals surface area (Å²) in [5.41, 5.74) is 1.31. The average Bonchev–Trinajstić information content (AvgIpc) is 2.74. The van der Waals surface area contributed by atoms with Crippen LogP contribution in [0.5, 0.6) is 11.5 Å². The number of rotatable bonds is 8. The highest BCUT2D eigenvalue weighted by Gasteiger charge is 2.17. The third-order valence-corrected chi connectivity index (χ3v) is 4.70. The van der Waals surface area contributed by atoms with Gasteiger partial charge in [-0.1, -0.05) is 41.4 Å². The van der Waals surface area contributed by atoms with Crippen LogP contribution in [0.2, 0.25) is 10.0 Å². The van der Waals surface area contributed by atoms with Gasteiger partial charge in [-0.25, -0.2) is 9.97 Å². The second kappa shape index (κ2) is 10.00. The van der Waals surface area contributed by atoms with Gasteiger partial charge < -0.3 is 25.4 Å². The summed E-state index contributed by atoms with van der Waals surface area (Å²) in [5.74, 6) is 1.20. The number of carbonyl (C=O) groups is 1. The van der Waals surface area contributed by atoms with E-state index >= 15 is 0 Å². The van der Waals surface area contributed by atoms with E-state index in [-0.39, 0.29) is 28.2 Å². The number of para-hydroxylation sites is 1. The molecule has 156 valence electrons. The van der Waals surface area contributed by atoms with Gasteiger partial charge in [0, 0.05) is 17.8 Å². The van der Waals surface area contributed by atoms with Gasteiger partial charge in [0.05, 0.1) is 26.5 Å². The Bertz CT molecular complexity index is 1030. The molecule has 3 aromatic rings. The van der Waals surface area contributed by atoms with Crippen LogP contribution in [0.4, 0.5) is 23.0 Å². The van der Waals surface area contributed by atoms with E-state index in [1.165, 1.54) is 20.5 Å². The van der Waals surface area contributed by atoms with Crippen molar-refractivity contribution in [1.29, 1.82) is 0 Å². The molecule has 0 saturated heterocycles. The lowest BCUT2D eigenvalue weighted by Gasteiger charge is -2.15. The monoisotopic (exact) mass is 447 g/mol. The predicted molar refractivity (Wildman–Crippen MR) is 118 cm³/mol. The van der Waals surface area contributed by atoms with E-state index in [0.717, 1.165) is 5.69 Å². The number of halogens is 2. The first-order valence-corrected chi connectivity index (χ1v) is 9.55. The molecule has 0 fully saturated rings. The quantitative estimate of drug-likeness (QED) is 0.464. The summed E-state index contributed by atoms with van der Waals surface area (Å²) in [6.07, 6.45) is 1.36.